The minimum Gasteiger partial charge on any atom is -0.354 e. The summed E-state index contributed by atoms with van der Waals surface area (Å²) in [5.74, 6) is -1.20. The molecule has 9 heteroatoms. The normalized spacial score (nSPS) is 20.3. The summed E-state index contributed by atoms with van der Waals surface area (Å²) < 4.78 is 34.1. The molecule has 1 aliphatic carbocycles. The van der Waals surface area contributed by atoms with E-state index in [0.29, 0.717) is 12.8 Å². The number of carbonyl (C=O) groups excluding carboxylic acids is 1. The summed E-state index contributed by atoms with van der Waals surface area (Å²) in [6.45, 7) is 10.6. The number of fused-ring (bicyclic) bond motifs is 1. The molecule has 6 nitrogen and oxygen atoms in total. The first-order valence-electron chi connectivity index (χ1n) is 12.7. The molecule has 1 N–H and O–H groups in total. The lowest BCUT2D eigenvalue weighted by atomic mass is 9.86. The molecule has 0 bridgehead atoms. The van der Waals surface area contributed by atoms with Crippen LogP contribution in [0.1, 0.15) is 72.0 Å². The third-order valence-electron chi connectivity index (χ3n) is 7.14. The van der Waals surface area contributed by atoms with Crippen LogP contribution in [0.2, 0.25) is 0 Å². The Labute approximate surface area is 212 Å². The fourth-order valence-electron chi connectivity index (χ4n) is 5.20. The molecule has 0 atom stereocenters. The summed E-state index contributed by atoms with van der Waals surface area (Å²) in [4.78, 5) is 16.3. The molecular formula is C26H39F2N5OS. The number of rotatable bonds is 6. The van der Waals surface area contributed by atoms with Gasteiger partial charge in [-0.25, -0.2) is 18.1 Å². The van der Waals surface area contributed by atoms with Gasteiger partial charge in [-0.15, -0.1) is 0 Å². The first-order valence-corrected chi connectivity index (χ1v) is 13.5. The third kappa shape index (κ3) is 6.47. The molecule has 4 rings (SSSR count). The van der Waals surface area contributed by atoms with Crippen LogP contribution in [-0.4, -0.2) is 51.9 Å². The highest BCUT2D eigenvalue weighted by molar-refractivity contribution is 7.98. The van der Waals surface area contributed by atoms with Crippen molar-refractivity contribution in [2.24, 2.45) is 5.92 Å². The number of hydrogen-bond acceptors (Lipinski definition) is 5. The number of hydrogen-bond donors (Lipinski definition) is 1. The van der Waals surface area contributed by atoms with E-state index in [1.54, 1.807) is 19.1 Å². The van der Waals surface area contributed by atoms with Crippen molar-refractivity contribution in [2.45, 2.75) is 90.1 Å². The van der Waals surface area contributed by atoms with Crippen LogP contribution in [0.15, 0.2) is 18.2 Å². The quantitative estimate of drug-likeness (QED) is 0.504. The van der Waals surface area contributed by atoms with E-state index in [9.17, 15) is 13.6 Å². The average Bonchev–Trinajstić information content (AvgIpc) is 3.14. The van der Waals surface area contributed by atoms with Gasteiger partial charge in [0.05, 0.1) is 16.7 Å². The molecule has 1 saturated heterocycles. The zero-order chi connectivity index (χ0) is 25.4. The van der Waals surface area contributed by atoms with E-state index in [-0.39, 0.29) is 36.1 Å². The van der Waals surface area contributed by atoms with E-state index in [1.165, 1.54) is 0 Å². The summed E-state index contributed by atoms with van der Waals surface area (Å²) in [6, 6.07) is 6.65. The highest BCUT2D eigenvalue weighted by atomic mass is 32.2. The molecule has 1 saturated carbocycles. The van der Waals surface area contributed by atoms with Gasteiger partial charge >= 0.3 is 0 Å². The predicted octanol–water partition coefficient (Wildman–Crippen LogP) is 5.76. The maximum atomic E-state index is 13.7. The fraction of sp³-hybridized carbons (Fsp3) is 0.692. The van der Waals surface area contributed by atoms with Crippen molar-refractivity contribution < 1.29 is 13.6 Å². The molecule has 1 aromatic heterocycles. The molecule has 2 fully saturated rings. The second-order valence-corrected chi connectivity index (χ2v) is 12.5. The van der Waals surface area contributed by atoms with E-state index in [1.807, 2.05) is 0 Å². The lowest BCUT2D eigenvalue weighted by Gasteiger charge is -2.33. The highest BCUT2D eigenvalue weighted by Crippen LogP contribution is 2.38. The number of anilines is 1. The molecular weight excluding hydrogens is 468 g/mol. The van der Waals surface area contributed by atoms with Crippen LogP contribution in [0.4, 0.5) is 14.5 Å². The Hall–Kier alpha value is -1.87. The maximum Gasteiger partial charge on any atom is 0.248 e. The van der Waals surface area contributed by atoms with Gasteiger partial charge in [0.15, 0.2) is 0 Å². The van der Waals surface area contributed by atoms with Gasteiger partial charge in [0.2, 0.25) is 11.8 Å². The fourth-order valence-corrected chi connectivity index (χ4v) is 6.13. The van der Waals surface area contributed by atoms with Crippen LogP contribution in [0.3, 0.4) is 0 Å². The van der Waals surface area contributed by atoms with Crippen molar-refractivity contribution in [3.63, 3.8) is 0 Å². The Kier molecular flexibility index (Phi) is 7.67. The minimum absolute atomic E-state index is 0.0105. The number of benzene rings is 1. The molecule has 35 heavy (non-hydrogen) atoms. The number of amides is 1. The van der Waals surface area contributed by atoms with Crippen LogP contribution in [0, 0.1) is 5.92 Å². The van der Waals surface area contributed by atoms with E-state index in [4.69, 9.17) is 4.98 Å². The largest absolute Gasteiger partial charge is 0.354 e. The molecule has 1 aromatic carbocycles. The number of aromatic nitrogens is 2. The van der Waals surface area contributed by atoms with Crippen molar-refractivity contribution in [1.82, 2.24) is 19.2 Å². The van der Waals surface area contributed by atoms with Crippen molar-refractivity contribution in [2.75, 3.05) is 24.4 Å². The summed E-state index contributed by atoms with van der Waals surface area (Å²) in [6.07, 6.45) is 3.00. The smallest absolute Gasteiger partial charge is 0.248 e. The summed E-state index contributed by atoms with van der Waals surface area (Å²) in [5.41, 5.74) is 2.96. The summed E-state index contributed by atoms with van der Waals surface area (Å²) in [7, 11) is 2.07. The molecule has 1 aliphatic heterocycles. The van der Waals surface area contributed by atoms with Crippen LogP contribution >= 0.6 is 12.1 Å². The summed E-state index contributed by atoms with van der Waals surface area (Å²) in [5, 5.41) is 3.02. The van der Waals surface area contributed by atoms with Crippen molar-refractivity contribution in [3.8, 4) is 0 Å². The molecule has 0 spiro atoms. The number of nitrogens with one attached hydrogen (secondary N) is 1. The molecule has 2 aromatic rings. The number of piperidine rings is 1. The number of carbonyl (C=O) groups is 1. The van der Waals surface area contributed by atoms with Gasteiger partial charge in [0.1, 0.15) is 5.82 Å². The van der Waals surface area contributed by atoms with E-state index < -0.39 is 5.92 Å². The Morgan fingerprint density at radius 2 is 1.86 bits per heavy atom. The number of halogens is 2. The van der Waals surface area contributed by atoms with Crippen molar-refractivity contribution in [1.29, 1.82) is 0 Å². The molecule has 194 valence electrons. The monoisotopic (exact) mass is 507 g/mol. The number of nitrogens with zero attached hydrogens (tertiary/aromatic N) is 4. The van der Waals surface area contributed by atoms with Crippen molar-refractivity contribution in [3.05, 3.63) is 24.0 Å². The Balaban J connectivity index is 1.48. The molecule has 2 heterocycles. The first kappa shape index (κ1) is 26.2. The Morgan fingerprint density at radius 1 is 1.20 bits per heavy atom. The maximum absolute atomic E-state index is 13.7. The van der Waals surface area contributed by atoms with Gasteiger partial charge in [-0.3, -0.25) is 4.79 Å². The zero-order valence-corrected chi connectivity index (χ0v) is 22.4. The predicted molar refractivity (Wildman–Crippen MR) is 140 cm³/mol. The van der Waals surface area contributed by atoms with Crippen LogP contribution in [0.25, 0.3) is 11.0 Å². The molecule has 2 aliphatic rings. The van der Waals surface area contributed by atoms with E-state index in [0.717, 1.165) is 55.0 Å². The molecule has 0 radical (unpaired) electrons. The number of imidazole rings is 1. The minimum atomic E-state index is -2.50. The van der Waals surface area contributed by atoms with E-state index >= 15 is 0 Å². The van der Waals surface area contributed by atoms with Gasteiger partial charge in [0, 0.05) is 70.0 Å². The van der Waals surface area contributed by atoms with E-state index in [2.05, 4.69) is 64.5 Å². The van der Waals surface area contributed by atoms with Gasteiger partial charge in [-0.2, -0.15) is 0 Å². The van der Waals surface area contributed by atoms with Gasteiger partial charge in [0.25, 0.3) is 0 Å². The Bertz CT molecular complexity index is 1030. The topological polar surface area (TPSA) is 53.4 Å². The van der Waals surface area contributed by atoms with Crippen LogP contribution < -0.4 is 9.62 Å². The zero-order valence-electron chi connectivity index (χ0n) is 21.6. The van der Waals surface area contributed by atoms with Crippen molar-refractivity contribution >= 4 is 34.8 Å². The highest BCUT2D eigenvalue weighted by Gasteiger charge is 2.36. The molecule has 1 amide bonds. The lowest BCUT2D eigenvalue weighted by Crippen LogP contribution is -2.42. The third-order valence-corrected chi connectivity index (χ3v) is 8.19. The van der Waals surface area contributed by atoms with Gasteiger partial charge in [-0.1, -0.05) is 20.8 Å². The summed E-state index contributed by atoms with van der Waals surface area (Å²) >= 11 is 1.70. The standard InChI is InChI=1S/C26H39F2N5OS/c1-18(34)29-20-10-14-32(15-11-20)35-31(5)21-6-7-23-22(16-21)30-24(25(2,3)4)33(23)17-19-8-12-26(27,28)13-9-19/h6-7,16,19-20H,8-15,17H2,1-5H3,(H,29,34). The first-order chi connectivity index (χ1) is 16.4. The van der Waals surface area contributed by atoms with Crippen LogP contribution in [-0.2, 0) is 16.8 Å². The Morgan fingerprint density at radius 3 is 2.46 bits per heavy atom. The number of alkyl halides is 2. The second kappa shape index (κ2) is 10.2. The van der Waals surface area contributed by atoms with Crippen LogP contribution in [0.5, 0.6) is 0 Å². The van der Waals surface area contributed by atoms with Gasteiger partial charge in [-0.05, 0) is 49.8 Å². The average molecular weight is 508 g/mol. The van der Waals surface area contributed by atoms with Gasteiger partial charge < -0.3 is 14.2 Å². The second-order valence-electron chi connectivity index (χ2n) is 11.3. The SMILES string of the molecule is CC(=O)NC1CCN(SN(C)c2ccc3c(c2)nc(C(C)(C)C)n3CC2CCC(F)(F)CC2)CC1. The molecule has 0 unspecified atom stereocenters. The lowest BCUT2D eigenvalue weighted by molar-refractivity contribution is -0.119.